The number of hydrogen-bond donors (Lipinski definition) is 1. The quantitative estimate of drug-likeness (QED) is 0.583. The molecule has 1 saturated heterocycles. The summed E-state index contributed by atoms with van der Waals surface area (Å²) in [5, 5.41) is 10.5. The van der Waals surface area contributed by atoms with Crippen LogP contribution in [0.3, 0.4) is 0 Å². The Morgan fingerprint density at radius 3 is 3.06 bits per heavy atom. The highest BCUT2D eigenvalue weighted by atomic mass is 16.5. The van der Waals surface area contributed by atoms with Crippen molar-refractivity contribution in [1.29, 1.82) is 0 Å². The lowest BCUT2D eigenvalue weighted by molar-refractivity contribution is -0.134. The third-order valence-corrected chi connectivity index (χ3v) is 4.08. The molecule has 1 saturated carbocycles. The first-order chi connectivity index (χ1) is 8.14. The van der Waals surface area contributed by atoms with Crippen LogP contribution in [0.25, 0.3) is 0 Å². The molecule has 2 aliphatic rings. The molecule has 2 fully saturated rings. The summed E-state index contributed by atoms with van der Waals surface area (Å²) in [5.41, 5.74) is -0.451. The Bertz CT molecular complexity index is 316. The zero-order valence-corrected chi connectivity index (χ0v) is 10.4. The van der Waals surface area contributed by atoms with Crippen LogP contribution >= 0.6 is 0 Å². The van der Waals surface area contributed by atoms with E-state index in [4.69, 9.17) is 0 Å². The Kier molecular flexibility index (Phi) is 3.72. The van der Waals surface area contributed by atoms with E-state index in [1.54, 1.807) is 6.20 Å². The highest BCUT2D eigenvalue weighted by molar-refractivity contribution is 5.81. The second kappa shape index (κ2) is 5.08. The van der Waals surface area contributed by atoms with Crippen molar-refractivity contribution in [1.82, 2.24) is 4.90 Å². The summed E-state index contributed by atoms with van der Waals surface area (Å²) in [6.45, 7) is 1.67. The lowest BCUT2D eigenvalue weighted by Crippen LogP contribution is -2.51. The SMILES string of the molecule is COC(=O)/C=C/N1CCC2(O)CCCCC2C1. The van der Waals surface area contributed by atoms with Crippen LogP contribution in [0.2, 0.25) is 0 Å². The number of hydrogen-bond acceptors (Lipinski definition) is 4. The average Bonchev–Trinajstić information content (AvgIpc) is 2.35. The topological polar surface area (TPSA) is 49.8 Å². The van der Waals surface area contributed by atoms with Crippen molar-refractivity contribution in [3.8, 4) is 0 Å². The lowest BCUT2D eigenvalue weighted by atomic mass is 9.71. The normalized spacial score (nSPS) is 33.5. The van der Waals surface area contributed by atoms with E-state index in [-0.39, 0.29) is 5.97 Å². The third-order valence-electron chi connectivity index (χ3n) is 4.08. The molecule has 2 rings (SSSR count). The van der Waals surface area contributed by atoms with Crippen molar-refractivity contribution in [2.24, 2.45) is 5.92 Å². The van der Waals surface area contributed by atoms with E-state index in [0.29, 0.717) is 5.92 Å². The fourth-order valence-electron chi connectivity index (χ4n) is 2.97. The molecular formula is C13H21NO3. The molecular weight excluding hydrogens is 218 g/mol. The van der Waals surface area contributed by atoms with Gasteiger partial charge in [-0.05, 0) is 19.3 Å². The number of carbonyl (C=O) groups excluding carboxylic acids is 1. The zero-order chi connectivity index (χ0) is 12.3. The summed E-state index contributed by atoms with van der Waals surface area (Å²) in [6, 6.07) is 0. The molecule has 0 bridgehead atoms. The minimum Gasteiger partial charge on any atom is -0.466 e. The molecule has 96 valence electrons. The van der Waals surface area contributed by atoms with E-state index in [1.165, 1.54) is 19.6 Å². The highest BCUT2D eigenvalue weighted by Gasteiger charge is 2.42. The van der Waals surface area contributed by atoms with Gasteiger partial charge in [0, 0.05) is 31.3 Å². The van der Waals surface area contributed by atoms with Gasteiger partial charge in [0.25, 0.3) is 0 Å². The Labute approximate surface area is 102 Å². The van der Waals surface area contributed by atoms with Gasteiger partial charge in [0.05, 0.1) is 12.7 Å². The van der Waals surface area contributed by atoms with Gasteiger partial charge in [-0.3, -0.25) is 0 Å². The van der Waals surface area contributed by atoms with E-state index in [9.17, 15) is 9.90 Å². The molecule has 1 heterocycles. The number of piperidine rings is 1. The molecule has 0 aromatic heterocycles. The van der Waals surface area contributed by atoms with Gasteiger partial charge in [0.15, 0.2) is 0 Å². The molecule has 0 aromatic carbocycles. The van der Waals surface area contributed by atoms with E-state index < -0.39 is 5.60 Å². The summed E-state index contributed by atoms with van der Waals surface area (Å²) in [5.74, 6) is 0.0294. The molecule has 0 aromatic rings. The van der Waals surface area contributed by atoms with Crippen molar-refractivity contribution in [3.63, 3.8) is 0 Å². The number of carbonyl (C=O) groups is 1. The van der Waals surface area contributed by atoms with Gasteiger partial charge < -0.3 is 14.7 Å². The van der Waals surface area contributed by atoms with E-state index in [1.807, 2.05) is 0 Å². The van der Waals surface area contributed by atoms with Crippen molar-refractivity contribution in [2.45, 2.75) is 37.7 Å². The molecule has 1 aliphatic carbocycles. The number of rotatable bonds is 2. The molecule has 17 heavy (non-hydrogen) atoms. The van der Waals surface area contributed by atoms with Crippen molar-refractivity contribution in [3.05, 3.63) is 12.3 Å². The first kappa shape index (κ1) is 12.4. The van der Waals surface area contributed by atoms with Gasteiger partial charge in [-0.15, -0.1) is 0 Å². The summed E-state index contributed by atoms with van der Waals surface area (Å²) >= 11 is 0. The zero-order valence-electron chi connectivity index (χ0n) is 10.4. The average molecular weight is 239 g/mol. The smallest absolute Gasteiger partial charge is 0.331 e. The van der Waals surface area contributed by atoms with E-state index in [0.717, 1.165) is 38.8 Å². The molecule has 1 N–H and O–H groups in total. The maximum absolute atomic E-state index is 11.0. The number of ether oxygens (including phenoxy) is 1. The Morgan fingerprint density at radius 1 is 1.47 bits per heavy atom. The van der Waals surface area contributed by atoms with Gasteiger partial charge in [-0.2, -0.15) is 0 Å². The van der Waals surface area contributed by atoms with Gasteiger partial charge in [0.1, 0.15) is 0 Å². The third kappa shape index (κ3) is 2.80. The van der Waals surface area contributed by atoms with Crippen LogP contribution in [-0.2, 0) is 9.53 Å². The van der Waals surface area contributed by atoms with Gasteiger partial charge in [-0.25, -0.2) is 4.79 Å². The maximum Gasteiger partial charge on any atom is 0.331 e. The first-order valence-corrected chi connectivity index (χ1v) is 6.37. The second-order valence-corrected chi connectivity index (χ2v) is 5.13. The first-order valence-electron chi connectivity index (χ1n) is 6.37. The van der Waals surface area contributed by atoms with Crippen molar-refractivity contribution < 1.29 is 14.6 Å². The molecule has 2 unspecified atom stereocenters. The van der Waals surface area contributed by atoms with Crippen LogP contribution in [0.4, 0.5) is 0 Å². The van der Waals surface area contributed by atoms with Crippen LogP contribution in [0.5, 0.6) is 0 Å². The Balaban J connectivity index is 1.93. The fourth-order valence-corrected chi connectivity index (χ4v) is 2.97. The number of methoxy groups -OCH3 is 1. The van der Waals surface area contributed by atoms with E-state index in [2.05, 4.69) is 9.64 Å². The molecule has 4 nitrogen and oxygen atoms in total. The predicted molar refractivity (Wildman–Crippen MR) is 64.3 cm³/mol. The molecule has 0 radical (unpaired) electrons. The number of likely N-dealkylation sites (tertiary alicyclic amines) is 1. The summed E-state index contributed by atoms with van der Waals surface area (Å²) in [7, 11) is 1.38. The number of esters is 1. The fraction of sp³-hybridized carbons (Fsp3) is 0.769. The lowest BCUT2D eigenvalue weighted by Gasteiger charge is -2.47. The Morgan fingerprint density at radius 2 is 2.29 bits per heavy atom. The monoisotopic (exact) mass is 239 g/mol. The standard InChI is InChI=1S/C13H21NO3/c1-17-12(15)5-8-14-9-7-13(16)6-3-2-4-11(13)10-14/h5,8,11,16H,2-4,6-7,9-10H2,1H3/b8-5+. The molecule has 2 atom stereocenters. The minimum absolute atomic E-state index is 0.325. The van der Waals surface area contributed by atoms with Crippen LogP contribution in [0.1, 0.15) is 32.1 Å². The van der Waals surface area contributed by atoms with Crippen LogP contribution in [0, 0.1) is 5.92 Å². The number of nitrogens with zero attached hydrogens (tertiary/aromatic N) is 1. The molecule has 0 amide bonds. The second-order valence-electron chi connectivity index (χ2n) is 5.13. The minimum atomic E-state index is -0.451. The largest absolute Gasteiger partial charge is 0.466 e. The van der Waals surface area contributed by atoms with Crippen LogP contribution < -0.4 is 0 Å². The number of fused-ring (bicyclic) bond motifs is 1. The van der Waals surface area contributed by atoms with Crippen molar-refractivity contribution >= 4 is 5.97 Å². The van der Waals surface area contributed by atoms with E-state index >= 15 is 0 Å². The van der Waals surface area contributed by atoms with Gasteiger partial charge in [-0.1, -0.05) is 12.8 Å². The van der Waals surface area contributed by atoms with Gasteiger partial charge in [0.2, 0.25) is 0 Å². The number of aliphatic hydroxyl groups is 1. The molecule has 0 spiro atoms. The molecule has 1 aliphatic heterocycles. The van der Waals surface area contributed by atoms with Gasteiger partial charge >= 0.3 is 5.97 Å². The van der Waals surface area contributed by atoms with Crippen LogP contribution in [-0.4, -0.2) is 41.8 Å². The summed E-state index contributed by atoms with van der Waals surface area (Å²) in [6.07, 6.45) is 8.44. The van der Waals surface area contributed by atoms with Crippen LogP contribution in [0.15, 0.2) is 12.3 Å². The highest BCUT2D eigenvalue weighted by Crippen LogP contribution is 2.39. The Hall–Kier alpha value is -1.03. The predicted octanol–water partition coefficient (Wildman–Crippen LogP) is 1.30. The van der Waals surface area contributed by atoms with Crippen molar-refractivity contribution in [2.75, 3.05) is 20.2 Å². The summed E-state index contributed by atoms with van der Waals surface area (Å²) < 4.78 is 4.57. The maximum atomic E-state index is 11.0. The molecule has 4 heteroatoms. The summed E-state index contributed by atoms with van der Waals surface area (Å²) in [4.78, 5) is 13.1.